The quantitative estimate of drug-likeness (QED) is 0.684. The van der Waals surface area contributed by atoms with Crippen molar-refractivity contribution in [3.05, 3.63) is 58.7 Å². The van der Waals surface area contributed by atoms with Crippen LogP contribution in [0.1, 0.15) is 10.4 Å². The number of rotatable bonds is 3. The molecular formula is C14H8BrFN4O. The standard InChI is InChI=1S/C14H8BrFN4O/c15-10-2-3-12(16)11(6-10)13-9(8-21)7-20(19-13)14-17-4-1-5-18-14/h1-8H. The Kier molecular flexibility index (Phi) is 3.57. The van der Waals surface area contributed by atoms with E-state index in [1.165, 1.54) is 16.9 Å². The van der Waals surface area contributed by atoms with E-state index in [0.29, 0.717) is 16.7 Å². The van der Waals surface area contributed by atoms with Crippen LogP contribution in [0.2, 0.25) is 0 Å². The van der Waals surface area contributed by atoms with Crippen LogP contribution in [-0.2, 0) is 0 Å². The fraction of sp³-hybridized carbons (Fsp3) is 0. The molecule has 3 aromatic rings. The second-order valence-corrected chi connectivity index (χ2v) is 5.08. The van der Waals surface area contributed by atoms with E-state index in [9.17, 15) is 9.18 Å². The van der Waals surface area contributed by atoms with Crippen LogP contribution in [-0.4, -0.2) is 26.0 Å². The van der Waals surface area contributed by atoms with Gasteiger partial charge in [0.1, 0.15) is 11.5 Å². The van der Waals surface area contributed by atoms with Crippen molar-refractivity contribution >= 4 is 22.2 Å². The van der Waals surface area contributed by atoms with E-state index in [1.54, 1.807) is 30.6 Å². The van der Waals surface area contributed by atoms with Gasteiger partial charge in [0.2, 0.25) is 5.95 Å². The molecule has 0 unspecified atom stereocenters. The zero-order chi connectivity index (χ0) is 14.8. The van der Waals surface area contributed by atoms with Crippen molar-refractivity contribution < 1.29 is 9.18 Å². The Balaban J connectivity index is 2.17. The summed E-state index contributed by atoms with van der Waals surface area (Å²) in [6.45, 7) is 0. The summed E-state index contributed by atoms with van der Waals surface area (Å²) in [5.74, 6) is -0.150. The number of carbonyl (C=O) groups is 1. The molecule has 3 rings (SSSR count). The Morgan fingerprint density at radius 2 is 2.00 bits per heavy atom. The summed E-state index contributed by atoms with van der Waals surface area (Å²) in [6.07, 6.45) is 5.22. The van der Waals surface area contributed by atoms with Gasteiger partial charge in [-0.05, 0) is 24.3 Å². The third-order valence-electron chi connectivity index (χ3n) is 2.81. The van der Waals surface area contributed by atoms with Gasteiger partial charge in [0.15, 0.2) is 6.29 Å². The second-order valence-electron chi connectivity index (χ2n) is 4.17. The van der Waals surface area contributed by atoms with Crippen molar-refractivity contribution in [2.45, 2.75) is 0 Å². The summed E-state index contributed by atoms with van der Waals surface area (Å²) in [4.78, 5) is 19.3. The van der Waals surface area contributed by atoms with Crippen molar-refractivity contribution in [1.29, 1.82) is 0 Å². The van der Waals surface area contributed by atoms with E-state index in [2.05, 4.69) is 31.0 Å². The van der Waals surface area contributed by atoms with Crippen LogP contribution in [0.15, 0.2) is 47.3 Å². The van der Waals surface area contributed by atoms with E-state index in [4.69, 9.17) is 0 Å². The highest BCUT2D eigenvalue weighted by Crippen LogP contribution is 2.27. The van der Waals surface area contributed by atoms with E-state index in [-0.39, 0.29) is 16.8 Å². The molecule has 7 heteroatoms. The molecule has 2 aromatic heterocycles. The van der Waals surface area contributed by atoms with Gasteiger partial charge in [0, 0.05) is 28.6 Å². The van der Waals surface area contributed by atoms with Gasteiger partial charge in [-0.3, -0.25) is 4.79 Å². The van der Waals surface area contributed by atoms with Gasteiger partial charge < -0.3 is 0 Å². The van der Waals surface area contributed by atoms with Gasteiger partial charge in [-0.1, -0.05) is 15.9 Å². The lowest BCUT2D eigenvalue weighted by Crippen LogP contribution is -2.00. The fourth-order valence-electron chi connectivity index (χ4n) is 1.87. The van der Waals surface area contributed by atoms with E-state index in [1.807, 2.05) is 0 Å². The first kappa shape index (κ1) is 13.6. The molecule has 1 aromatic carbocycles. The minimum absolute atomic E-state index is 0.237. The summed E-state index contributed by atoms with van der Waals surface area (Å²) >= 11 is 3.28. The summed E-state index contributed by atoms with van der Waals surface area (Å²) in [5.41, 5.74) is 0.747. The molecule has 0 radical (unpaired) electrons. The molecule has 0 aliphatic heterocycles. The Morgan fingerprint density at radius 3 is 2.71 bits per heavy atom. The number of aromatic nitrogens is 4. The SMILES string of the molecule is O=Cc1cn(-c2ncccn2)nc1-c1cc(Br)ccc1F. The molecule has 104 valence electrons. The summed E-state index contributed by atoms with van der Waals surface area (Å²) < 4.78 is 16.0. The van der Waals surface area contributed by atoms with Gasteiger partial charge >= 0.3 is 0 Å². The summed E-state index contributed by atoms with van der Waals surface area (Å²) in [5, 5.41) is 4.22. The second kappa shape index (κ2) is 5.53. The Hall–Kier alpha value is -2.41. The van der Waals surface area contributed by atoms with Crippen LogP contribution in [0.5, 0.6) is 0 Å². The fourth-order valence-corrected chi connectivity index (χ4v) is 2.23. The van der Waals surface area contributed by atoms with E-state index in [0.717, 1.165) is 0 Å². The first-order valence-corrected chi connectivity index (χ1v) is 6.76. The molecule has 21 heavy (non-hydrogen) atoms. The average molecular weight is 347 g/mol. The van der Waals surface area contributed by atoms with Crippen LogP contribution in [0.3, 0.4) is 0 Å². The molecule has 0 aliphatic carbocycles. The molecule has 0 bridgehead atoms. The molecule has 5 nitrogen and oxygen atoms in total. The predicted molar refractivity (Wildman–Crippen MR) is 77.6 cm³/mol. The maximum atomic E-state index is 14.0. The molecule has 0 fully saturated rings. The molecule has 0 spiro atoms. The van der Waals surface area contributed by atoms with Crippen molar-refractivity contribution in [2.75, 3.05) is 0 Å². The molecule has 0 atom stereocenters. The lowest BCUT2D eigenvalue weighted by atomic mass is 10.1. The number of nitrogens with zero attached hydrogens (tertiary/aromatic N) is 4. The van der Waals surface area contributed by atoms with Crippen molar-refractivity contribution in [1.82, 2.24) is 19.7 Å². The highest BCUT2D eigenvalue weighted by Gasteiger charge is 2.16. The van der Waals surface area contributed by atoms with Gasteiger partial charge in [0.05, 0.1) is 5.56 Å². The first-order valence-electron chi connectivity index (χ1n) is 5.96. The average Bonchev–Trinajstić information content (AvgIpc) is 2.94. The Morgan fingerprint density at radius 1 is 1.24 bits per heavy atom. The number of aldehydes is 1. The monoisotopic (exact) mass is 346 g/mol. The molecule has 2 heterocycles. The molecule has 0 amide bonds. The number of carbonyl (C=O) groups excluding carboxylic acids is 1. The van der Waals surface area contributed by atoms with E-state index >= 15 is 0 Å². The predicted octanol–water partition coefficient (Wildman–Crippen LogP) is 3.04. The molecular weight excluding hydrogens is 339 g/mol. The third-order valence-corrected chi connectivity index (χ3v) is 3.30. The normalized spacial score (nSPS) is 10.6. The van der Waals surface area contributed by atoms with Gasteiger partial charge in [-0.25, -0.2) is 19.0 Å². The van der Waals surface area contributed by atoms with Crippen LogP contribution < -0.4 is 0 Å². The molecule has 0 aliphatic rings. The van der Waals surface area contributed by atoms with Crippen LogP contribution >= 0.6 is 15.9 Å². The third kappa shape index (κ3) is 2.59. The van der Waals surface area contributed by atoms with Crippen molar-refractivity contribution in [2.24, 2.45) is 0 Å². The first-order chi connectivity index (χ1) is 10.2. The number of benzene rings is 1. The van der Waals surface area contributed by atoms with E-state index < -0.39 is 5.82 Å². The summed E-state index contributed by atoms with van der Waals surface area (Å²) in [6, 6.07) is 6.13. The number of hydrogen-bond acceptors (Lipinski definition) is 4. The van der Waals surface area contributed by atoms with Gasteiger partial charge in [-0.2, -0.15) is 5.10 Å². The van der Waals surface area contributed by atoms with Crippen LogP contribution in [0.25, 0.3) is 17.2 Å². The maximum Gasteiger partial charge on any atom is 0.250 e. The molecule has 0 saturated heterocycles. The lowest BCUT2D eigenvalue weighted by Gasteiger charge is -2.01. The van der Waals surface area contributed by atoms with Gasteiger partial charge in [0.25, 0.3) is 0 Å². The Bertz CT molecular complexity index is 804. The topological polar surface area (TPSA) is 60.7 Å². The maximum absolute atomic E-state index is 14.0. The number of hydrogen-bond donors (Lipinski definition) is 0. The smallest absolute Gasteiger partial charge is 0.250 e. The zero-order valence-electron chi connectivity index (χ0n) is 10.6. The molecule has 0 N–H and O–H groups in total. The summed E-state index contributed by atoms with van der Waals surface area (Å²) in [7, 11) is 0. The van der Waals surface area contributed by atoms with Crippen molar-refractivity contribution in [3.63, 3.8) is 0 Å². The minimum atomic E-state index is -0.458. The lowest BCUT2D eigenvalue weighted by molar-refractivity contribution is 0.112. The Labute approximate surface area is 127 Å². The largest absolute Gasteiger partial charge is 0.298 e. The highest BCUT2D eigenvalue weighted by molar-refractivity contribution is 9.10. The zero-order valence-corrected chi connectivity index (χ0v) is 12.2. The minimum Gasteiger partial charge on any atom is -0.298 e. The number of halogens is 2. The highest BCUT2D eigenvalue weighted by atomic mass is 79.9. The molecule has 0 saturated carbocycles. The van der Waals surface area contributed by atoms with Crippen LogP contribution in [0.4, 0.5) is 4.39 Å². The van der Waals surface area contributed by atoms with Crippen molar-refractivity contribution in [3.8, 4) is 17.2 Å². The van der Waals surface area contributed by atoms with Gasteiger partial charge in [-0.15, -0.1) is 0 Å². The van der Waals surface area contributed by atoms with Crippen LogP contribution in [0, 0.1) is 5.82 Å².